The third-order valence-electron chi connectivity index (χ3n) is 4.27. The summed E-state index contributed by atoms with van der Waals surface area (Å²) < 4.78 is 14.2. The van der Waals surface area contributed by atoms with Crippen LogP contribution in [0.15, 0.2) is 45.9 Å². The molecule has 0 bridgehead atoms. The van der Waals surface area contributed by atoms with Gasteiger partial charge in [-0.3, -0.25) is 19.5 Å². The summed E-state index contributed by atoms with van der Waals surface area (Å²) in [5.74, 6) is -1.02. The molecule has 26 heavy (non-hydrogen) atoms. The van der Waals surface area contributed by atoms with Gasteiger partial charge >= 0.3 is 0 Å². The Morgan fingerprint density at radius 1 is 1.15 bits per heavy atom. The van der Waals surface area contributed by atoms with Gasteiger partial charge in [0.05, 0.1) is 27.8 Å². The summed E-state index contributed by atoms with van der Waals surface area (Å²) in [4.78, 5) is 30.9. The van der Waals surface area contributed by atoms with Gasteiger partial charge in [-0.15, -0.1) is 0 Å². The number of hydrogen-bond donors (Lipinski definition) is 0. The molecule has 6 heteroatoms. The Hall–Kier alpha value is -2.34. The van der Waals surface area contributed by atoms with Crippen LogP contribution in [-0.4, -0.2) is 29.0 Å². The molecule has 2 amide bonds. The van der Waals surface area contributed by atoms with Crippen molar-refractivity contribution in [1.29, 1.82) is 0 Å². The maximum Gasteiger partial charge on any atom is 0.261 e. The van der Waals surface area contributed by atoms with Gasteiger partial charge in [0.15, 0.2) is 0 Å². The van der Waals surface area contributed by atoms with Crippen molar-refractivity contribution in [3.63, 3.8) is 0 Å². The molecule has 0 fully saturated rings. The lowest BCUT2D eigenvalue weighted by Gasteiger charge is -2.16. The van der Waals surface area contributed by atoms with Crippen molar-refractivity contribution in [2.75, 3.05) is 6.54 Å². The summed E-state index contributed by atoms with van der Waals surface area (Å²) in [7, 11) is 0. The highest BCUT2D eigenvalue weighted by molar-refractivity contribution is 9.10. The van der Waals surface area contributed by atoms with Crippen molar-refractivity contribution in [3.8, 4) is 0 Å². The van der Waals surface area contributed by atoms with Gasteiger partial charge in [-0.2, -0.15) is 0 Å². The van der Waals surface area contributed by atoms with Gasteiger partial charge < -0.3 is 0 Å². The molecule has 1 aliphatic rings. The van der Waals surface area contributed by atoms with Crippen LogP contribution in [0.1, 0.15) is 46.0 Å². The number of aryl methyl sites for hydroxylation is 1. The van der Waals surface area contributed by atoms with E-state index < -0.39 is 5.82 Å². The number of carbonyl (C=O) groups is 2. The lowest BCUT2D eigenvalue weighted by atomic mass is 10.1. The van der Waals surface area contributed by atoms with E-state index in [4.69, 9.17) is 0 Å². The van der Waals surface area contributed by atoms with Crippen molar-refractivity contribution >= 4 is 39.1 Å². The smallest absolute Gasteiger partial charge is 0.261 e. The second-order valence-electron chi connectivity index (χ2n) is 6.22. The van der Waals surface area contributed by atoms with Crippen molar-refractivity contribution < 1.29 is 14.0 Å². The Morgan fingerprint density at radius 3 is 2.35 bits per heavy atom. The molecule has 2 aromatic rings. The Morgan fingerprint density at radius 2 is 1.77 bits per heavy atom. The van der Waals surface area contributed by atoms with Crippen molar-refractivity contribution in [3.05, 3.63) is 63.4 Å². The largest absolute Gasteiger partial charge is 0.269 e. The van der Waals surface area contributed by atoms with Crippen LogP contribution in [0.2, 0.25) is 0 Å². The summed E-state index contributed by atoms with van der Waals surface area (Å²) in [6.07, 6.45) is 1.42. The van der Waals surface area contributed by atoms with E-state index in [1.165, 1.54) is 11.0 Å². The van der Waals surface area contributed by atoms with Gasteiger partial charge in [0.2, 0.25) is 0 Å². The van der Waals surface area contributed by atoms with Gasteiger partial charge in [0, 0.05) is 11.8 Å². The van der Waals surface area contributed by atoms with Crippen LogP contribution in [0.4, 0.5) is 10.1 Å². The van der Waals surface area contributed by atoms with E-state index in [-0.39, 0.29) is 18.4 Å². The molecule has 0 aromatic heterocycles. The molecule has 1 aliphatic heterocycles. The molecule has 0 saturated carbocycles. The number of carbonyl (C=O) groups excluding carboxylic acids is 2. The molecular formula is C20H18BrFN2O2. The fourth-order valence-corrected chi connectivity index (χ4v) is 3.41. The first kappa shape index (κ1) is 18.5. The zero-order chi connectivity index (χ0) is 18.8. The van der Waals surface area contributed by atoms with Crippen LogP contribution in [0.3, 0.4) is 0 Å². The fraction of sp³-hybridized carbons (Fsp3) is 0.250. The minimum atomic E-state index is -0.397. The molecule has 134 valence electrons. The number of rotatable bonds is 5. The molecule has 0 aliphatic carbocycles. The molecule has 0 unspecified atom stereocenters. The van der Waals surface area contributed by atoms with E-state index in [1.54, 1.807) is 30.3 Å². The number of fused-ring (bicyclic) bond motifs is 1. The molecule has 2 aromatic carbocycles. The van der Waals surface area contributed by atoms with Gasteiger partial charge in [-0.05, 0) is 53.0 Å². The van der Waals surface area contributed by atoms with E-state index >= 15 is 0 Å². The lowest BCUT2D eigenvalue weighted by molar-refractivity contribution is 0.0677. The summed E-state index contributed by atoms with van der Waals surface area (Å²) in [5.41, 5.74) is 2.82. The number of benzene rings is 2. The highest BCUT2D eigenvalue weighted by atomic mass is 79.9. The normalized spacial score (nSPS) is 14.2. The second-order valence-corrected chi connectivity index (χ2v) is 7.08. The first-order valence-electron chi connectivity index (χ1n) is 8.39. The fourth-order valence-electron chi connectivity index (χ4n) is 2.95. The molecule has 0 saturated heterocycles. The molecule has 0 N–H and O–H groups in total. The van der Waals surface area contributed by atoms with E-state index in [0.29, 0.717) is 33.4 Å². The van der Waals surface area contributed by atoms with Gasteiger partial charge in [-0.1, -0.05) is 25.5 Å². The van der Waals surface area contributed by atoms with Crippen LogP contribution in [0, 0.1) is 12.7 Å². The highest BCUT2D eigenvalue weighted by Gasteiger charge is 2.35. The standard InChI is InChI=1S/C20H18BrFN2O2/c1-3-6-13(23-18-10-17(22)16(21)9-12(18)2)11-24-19(25)14-7-4-5-8-15(14)20(24)26/h4-5,7-10H,3,6,11H2,1-2H3. The van der Waals surface area contributed by atoms with Crippen LogP contribution in [0.25, 0.3) is 0 Å². The quantitative estimate of drug-likeness (QED) is 0.504. The molecular weight excluding hydrogens is 399 g/mol. The molecule has 0 radical (unpaired) electrons. The van der Waals surface area contributed by atoms with Crippen molar-refractivity contribution in [2.45, 2.75) is 26.7 Å². The summed E-state index contributed by atoms with van der Waals surface area (Å²) in [5, 5.41) is 0. The number of aliphatic imine (C=N–C) groups is 1. The zero-order valence-electron chi connectivity index (χ0n) is 14.6. The first-order valence-corrected chi connectivity index (χ1v) is 9.19. The van der Waals surface area contributed by atoms with E-state index in [2.05, 4.69) is 20.9 Å². The Balaban J connectivity index is 1.92. The van der Waals surface area contributed by atoms with Crippen LogP contribution in [-0.2, 0) is 0 Å². The van der Waals surface area contributed by atoms with E-state index in [0.717, 1.165) is 12.0 Å². The van der Waals surface area contributed by atoms with Gasteiger partial charge in [-0.25, -0.2) is 4.39 Å². The van der Waals surface area contributed by atoms with Crippen LogP contribution in [0.5, 0.6) is 0 Å². The number of amides is 2. The predicted molar refractivity (Wildman–Crippen MR) is 103 cm³/mol. The molecule has 0 atom stereocenters. The molecule has 4 nitrogen and oxygen atoms in total. The number of hydrogen-bond acceptors (Lipinski definition) is 3. The number of imide groups is 1. The number of halogens is 2. The monoisotopic (exact) mass is 416 g/mol. The van der Waals surface area contributed by atoms with Crippen LogP contribution < -0.4 is 0 Å². The number of nitrogens with zero attached hydrogens (tertiary/aromatic N) is 2. The summed E-state index contributed by atoms with van der Waals surface area (Å²) in [6, 6.07) is 9.81. The lowest BCUT2D eigenvalue weighted by Crippen LogP contribution is -2.34. The third-order valence-corrected chi connectivity index (χ3v) is 4.88. The maximum atomic E-state index is 13.9. The third kappa shape index (κ3) is 3.46. The highest BCUT2D eigenvalue weighted by Crippen LogP contribution is 2.27. The topological polar surface area (TPSA) is 49.7 Å². The predicted octanol–water partition coefficient (Wildman–Crippen LogP) is 5.07. The SMILES string of the molecule is CCCC(CN1C(=O)c2ccccc2C1=O)=Nc1cc(F)c(Br)cc1C. The van der Waals surface area contributed by atoms with Crippen molar-refractivity contribution in [2.24, 2.45) is 4.99 Å². The first-order chi connectivity index (χ1) is 12.4. The van der Waals surface area contributed by atoms with Crippen molar-refractivity contribution in [1.82, 2.24) is 4.90 Å². The Kier molecular flexibility index (Phi) is 5.32. The molecule has 3 rings (SSSR count). The summed E-state index contributed by atoms with van der Waals surface area (Å²) >= 11 is 3.16. The zero-order valence-corrected chi connectivity index (χ0v) is 16.1. The second kappa shape index (κ2) is 7.50. The van der Waals surface area contributed by atoms with Crippen LogP contribution >= 0.6 is 15.9 Å². The summed E-state index contributed by atoms with van der Waals surface area (Å²) in [6.45, 7) is 3.94. The molecule has 0 spiro atoms. The minimum Gasteiger partial charge on any atom is -0.269 e. The van der Waals surface area contributed by atoms with Gasteiger partial charge in [0.1, 0.15) is 5.82 Å². The maximum absolute atomic E-state index is 13.9. The Bertz CT molecular complexity index is 889. The average Bonchev–Trinajstić information content (AvgIpc) is 2.85. The Labute approximate surface area is 159 Å². The molecule has 1 heterocycles. The van der Waals surface area contributed by atoms with Gasteiger partial charge in [0.25, 0.3) is 11.8 Å². The van der Waals surface area contributed by atoms with E-state index in [9.17, 15) is 14.0 Å². The van der Waals surface area contributed by atoms with E-state index in [1.807, 2.05) is 13.8 Å². The average molecular weight is 417 g/mol. The minimum absolute atomic E-state index is 0.108.